The van der Waals surface area contributed by atoms with Gasteiger partial charge in [-0.05, 0) is 80.6 Å². The Balaban J connectivity index is 0.769. The minimum absolute atomic E-state index is 0.0714. The first-order valence-corrected chi connectivity index (χ1v) is 20.0. The number of piperazine rings is 2. The average molecular weight is 793 g/mol. The number of rotatable bonds is 7. The molecule has 15 nitrogen and oxygen atoms in total. The molecular formula is C41H45ClN10O5. The number of benzene rings is 2. The van der Waals surface area contributed by atoms with Crippen molar-refractivity contribution < 1.29 is 24.0 Å². The van der Waals surface area contributed by atoms with Crippen LogP contribution < -0.4 is 25.3 Å². The normalized spacial score (nSPS) is 22.1. The minimum Gasteiger partial charge on any atom is -0.369 e. The lowest BCUT2D eigenvalue weighted by molar-refractivity contribution is -0.136. The van der Waals surface area contributed by atoms with Gasteiger partial charge in [0.1, 0.15) is 17.9 Å². The summed E-state index contributed by atoms with van der Waals surface area (Å²) < 4.78 is 0. The second-order valence-corrected chi connectivity index (χ2v) is 15.9. The molecule has 2 N–H and O–H groups in total. The number of carbonyl (C=O) groups excluding carboxylic acids is 5. The molecule has 8 rings (SSSR count). The molecule has 0 saturated carbocycles. The van der Waals surface area contributed by atoms with Crippen LogP contribution in [0.1, 0.15) is 58.9 Å². The van der Waals surface area contributed by atoms with Crippen LogP contribution in [0.2, 0.25) is 5.02 Å². The smallest absolute Gasteiger partial charge is 0.322 e. The van der Waals surface area contributed by atoms with Crippen molar-refractivity contribution in [3.8, 4) is 6.07 Å². The van der Waals surface area contributed by atoms with Gasteiger partial charge >= 0.3 is 6.03 Å². The van der Waals surface area contributed by atoms with E-state index in [-0.39, 0.29) is 24.9 Å². The predicted octanol–water partition coefficient (Wildman–Crippen LogP) is 3.79. The summed E-state index contributed by atoms with van der Waals surface area (Å²) in [5.74, 6) is -0.506. The zero-order valence-electron chi connectivity index (χ0n) is 31.8. The number of pyridine rings is 1. The number of hydrogen-bond acceptors (Lipinski definition) is 11. The summed E-state index contributed by atoms with van der Waals surface area (Å²) in [6.07, 6.45) is 4.07. The third-order valence-corrected chi connectivity index (χ3v) is 12.2. The summed E-state index contributed by atoms with van der Waals surface area (Å²) >= 11 is 6.27. The minimum atomic E-state index is -0.974. The first kappa shape index (κ1) is 38.2. The van der Waals surface area contributed by atoms with E-state index in [1.54, 1.807) is 24.4 Å². The van der Waals surface area contributed by atoms with Crippen LogP contribution in [0.5, 0.6) is 0 Å². The number of nitriles is 1. The molecule has 57 heavy (non-hydrogen) atoms. The van der Waals surface area contributed by atoms with Gasteiger partial charge in [-0.25, -0.2) is 9.78 Å². The van der Waals surface area contributed by atoms with Gasteiger partial charge in [-0.3, -0.25) is 34.3 Å². The van der Waals surface area contributed by atoms with Gasteiger partial charge in [0.05, 0.1) is 33.6 Å². The molecule has 6 amide bonds. The average Bonchev–Trinajstić information content (AvgIpc) is 3.46. The molecule has 4 saturated heterocycles. The van der Waals surface area contributed by atoms with Crippen molar-refractivity contribution in [2.75, 3.05) is 85.5 Å². The number of halogens is 1. The van der Waals surface area contributed by atoms with Crippen LogP contribution in [-0.4, -0.2) is 127 Å². The van der Waals surface area contributed by atoms with Crippen LogP contribution in [0, 0.1) is 17.2 Å². The summed E-state index contributed by atoms with van der Waals surface area (Å²) in [5, 5.41) is 14.9. The molecule has 2 atom stereocenters. The lowest BCUT2D eigenvalue weighted by Gasteiger charge is -2.41. The Hall–Kier alpha value is -5.72. The molecule has 16 heteroatoms. The number of hydrogen-bond donors (Lipinski definition) is 2. The van der Waals surface area contributed by atoms with Gasteiger partial charge in [-0.2, -0.15) is 5.26 Å². The van der Waals surface area contributed by atoms with Crippen molar-refractivity contribution >= 4 is 64.1 Å². The number of urea groups is 1. The number of amides is 6. The maximum Gasteiger partial charge on any atom is 0.322 e. The molecule has 5 aliphatic heterocycles. The van der Waals surface area contributed by atoms with Crippen molar-refractivity contribution in [3.63, 3.8) is 0 Å². The Labute approximate surface area is 336 Å². The molecule has 0 bridgehead atoms. The molecule has 0 spiro atoms. The lowest BCUT2D eigenvalue weighted by Crippen LogP contribution is -2.54. The molecule has 0 aliphatic carbocycles. The number of carbonyl (C=O) groups is 5. The second kappa shape index (κ2) is 16.0. The van der Waals surface area contributed by atoms with Gasteiger partial charge in [-0.1, -0.05) is 11.6 Å². The third-order valence-electron chi connectivity index (χ3n) is 11.9. The number of nitrogens with one attached hydrogen (secondary N) is 2. The van der Waals surface area contributed by atoms with E-state index in [2.05, 4.69) is 43.2 Å². The Morgan fingerprint density at radius 1 is 0.877 bits per heavy atom. The molecule has 1 aromatic heterocycles. The molecule has 0 radical (unpaired) electrons. The van der Waals surface area contributed by atoms with Gasteiger partial charge in [-0.15, -0.1) is 0 Å². The first-order valence-electron chi connectivity index (χ1n) is 19.6. The van der Waals surface area contributed by atoms with Crippen LogP contribution in [-0.2, 0) is 9.59 Å². The van der Waals surface area contributed by atoms with E-state index in [1.165, 1.54) is 0 Å². The molecule has 6 heterocycles. The van der Waals surface area contributed by atoms with Crippen LogP contribution in [0.4, 0.5) is 27.7 Å². The SMILES string of the molecule is C[C@H]1CN(C(=O)Nc2ccc(N3CCC(CN4CCN(c5ccc6c(c5)C(=O)N([C@H]5CCC(=O)NC5=O)C6=O)CC4)CC3)nc2)CCN1c1ccc(C#N)c(Cl)c1. The molecule has 296 valence electrons. The maximum absolute atomic E-state index is 13.3. The standard InChI is InChI=1S/C41H45ClN10O5/c1-26-24-50(18-19-51(26)31-4-2-28(22-43)34(42)21-31)41(57)45-29-3-8-36(44-23-29)49-12-10-27(11-13-49)25-47-14-16-48(17-15-47)30-5-6-32-33(20-30)40(56)52(39(32)55)35-7-9-37(53)46-38(35)54/h2-6,8,20-21,23,26-27,35H,7,9-19,24-25H2,1H3,(H,45,57)(H,46,53,54)/t26-,35-/m0/s1. The monoisotopic (exact) mass is 792 g/mol. The Morgan fingerprint density at radius 2 is 1.63 bits per heavy atom. The highest BCUT2D eigenvalue weighted by Gasteiger charge is 2.45. The number of nitrogens with zero attached hydrogens (tertiary/aromatic N) is 8. The second-order valence-electron chi connectivity index (χ2n) is 15.5. The van der Waals surface area contributed by atoms with Gasteiger partial charge in [0.25, 0.3) is 11.8 Å². The fourth-order valence-corrected chi connectivity index (χ4v) is 8.92. The van der Waals surface area contributed by atoms with Crippen LogP contribution in [0.3, 0.4) is 0 Å². The van der Waals surface area contributed by atoms with Gasteiger partial charge < -0.3 is 24.9 Å². The summed E-state index contributed by atoms with van der Waals surface area (Å²) in [6, 6.07) is 15.7. The Kier molecular flexibility index (Phi) is 10.7. The number of piperidine rings is 2. The molecular weight excluding hydrogens is 748 g/mol. The summed E-state index contributed by atoms with van der Waals surface area (Å²) in [5.41, 5.74) is 3.51. The van der Waals surface area contributed by atoms with Crippen LogP contribution >= 0.6 is 11.6 Å². The van der Waals surface area contributed by atoms with Crippen molar-refractivity contribution in [3.05, 3.63) is 76.4 Å². The molecule has 5 aliphatic rings. The number of fused-ring (bicyclic) bond motifs is 1. The van der Waals surface area contributed by atoms with Crippen LogP contribution in [0.25, 0.3) is 0 Å². The topological polar surface area (TPSA) is 166 Å². The lowest BCUT2D eigenvalue weighted by atomic mass is 9.96. The fourth-order valence-electron chi connectivity index (χ4n) is 8.70. The van der Waals surface area contributed by atoms with Crippen molar-refractivity contribution in [1.82, 2.24) is 25.0 Å². The van der Waals surface area contributed by atoms with Crippen molar-refractivity contribution in [2.45, 2.75) is 44.7 Å². The highest BCUT2D eigenvalue weighted by Crippen LogP contribution is 2.32. The predicted molar refractivity (Wildman–Crippen MR) is 215 cm³/mol. The number of imide groups is 2. The fraction of sp³-hybridized carbons (Fsp3) is 0.439. The zero-order valence-corrected chi connectivity index (χ0v) is 32.6. The molecule has 3 aromatic rings. The van der Waals surface area contributed by atoms with E-state index >= 15 is 0 Å². The number of aromatic nitrogens is 1. The first-order chi connectivity index (χ1) is 27.6. The molecule has 2 aromatic carbocycles. The highest BCUT2D eigenvalue weighted by molar-refractivity contribution is 6.32. The van der Waals surface area contributed by atoms with Gasteiger partial charge in [0, 0.05) is 89.3 Å². The van der Waals surface area contributed by atoms with E-state index in [1.807, 2.05) is 35.2 Å². The molecule has 0 unspecified atom stereocenters. The van der Waals surface area contributed by atoms with Crippen molar-refractivity contribution in [1.29, 1.82) is 5.26 Å². The van der Waals surface area contributed by atoms with E-state index in [4.69, 9.17) is 16.6 Å². The third kappa shape index (κ3) is 7.84. The summed E-state index contributed by atoms with van der Waals surface area (Å²) in [6.45, 7) is 10.0. The van der Waals surface area contributed by atoms with E-state index < -0.39 is 29.7 Å². The van der Waals surface area contributed by atoms with Gasteiger partial charge in [0.2, 0.25) is 11.8 Å². The largest absolute Gasteiger partial charge is 0.369 e. The summed E-state index contributed by atoms with van der Waals surface area (Å²) in [7, 11) is 0. The quantitative estimate of drug-likeness (QED) is 0.335. The summed E-state index contributed by atoms with van der Waals surface area (Å²) in [4.78, 5) is 80.4. The number of anilines is 4. The zero-order chi connectivity index (χ0) is 39.8. The van der Waals surface area contributed by atoms with E-state index in [0.717, 1.165) is 80.7 Å². The highest BCUT2D eigenvalue weighted by atomic mass is 35.5. The molecule has 4 fully saturated rings. The van der Waals surface area contributed by atoms with E-state index in [9.17, 15) is 29.2 Å². The Bertz CT molecular complexity index is 2130. The van der Waals surface area contributed by atoms with Crippen molar-refractivity contribution in [2.24, 2.45) is 5.92 Å². The Morgan fingerprint density at radius 3 is 2.32 bits per heavy atom. The van der Waals surface area contributed by atoms with Crippen LogP contribution in [0.15, 0.2) is 54.7 Å². The van der Waals surface area contributed by atoms with E-state index in [0.29, 0.717) is 53.0 Å². The maximum atomic E-state index is 13.3. The van der Waals surface area contributed by atoms with Gasteiger partial charge in [0.15, 0.2) is 0 Å².